The van der Waals surface area contributed by atoms with Crippen LogP contribution in [0.4, 0.5) is 4.39 Å². The van der Waals surface area contributed by atoms with Crippen molar-refractivity contribution in [3.63, 3.8) is 0 Å². The summed E-state index contributed by atoms with van der Waals surface area (Å²) in [7, 11) is 0. The van der Waals surface area contributed by atoms with Crippen LogP contribution in [0, 0.1) is 12.7 Å². The van der Waals surface area contributed by atoms with Crippen molar-refractivity contribution < 1.29 is 19.0 Å². The topological polar surface area (TPSA) is 84.1 Å². The first-order valence-corrected chi connectivity index (χ1v) is 10.4. The molecule has 2 aliphatic heterocycles. The summed E-state index contributed by atoms with van der Waals surface area (Å²) in [5, 5.41) is 10.7. The summed E-state index contributed by atoms with van der Waals surface area (Å²) in [6.45, 7) is 8.37. The Labute approximate surface area is 179 Å². The molecule has 0 bridgehead atoms. The van der Waals surface area contributed by atoms with Crippen LogP contribution in [0.3, 0.4) is 0 Å². The van der Waals surface area contributed by atoms with Crippen LogP contribution in [-0.4, -0.2) is 51.5 Å². The van der Waals surface area contributed by atoms with Crippen molar-refractivity contribution in [2.75, 3.05) is 13.2 Å². The molecule has 1 aromatic carbocycles. The zero-order valence-corrected chi connectivity index (χ0v) is 18.1. The molecule has 1 amide bonds. The molecule has 31 heavy (non-hydrogen) atoms. The summed E-state index contributed by atoms with van der Waals surface area (Å²) in [5.41, 5.74) is 1.65. The minimum absolute atomic E-state index is 0.00335. The van der Waals surface area contributed by atoms with Gasteiger partial charge in [-0.25, -0.2) is 4.39 Å². The van der Waals surface area contributed by atoms with E-state index in [1.807, 2.05) is 13.8 Å². The van der Waals surface area contributed by atoms with Gasteiger partial charge in [-0.3, -0.25) is 14.6 Å². The Kier molecular flexibility index (Phi) is 5.43. The quantitative estimate of drug-likeness (QED) is 0.761. The van der Waals surface area contributed by atoms with Gasteiger partial charge in [-0.05, 0) is 51.0 Å². The van der Waals surface area contributed by atoms with Crippen LogP contribution in [0.2, 0.25) is 0 Å². The second kappa shape index (κ2) is 7.92. The summed E-state index contributed by atoms with van der Waals surface area (Å²) >= 11 is 0. The first kappa shape index (κ1) is 21.2. The fourth-order valence-corrected chi connectivity index (χ4v) is 4.43. The summed E-state index contributed by atoms with van der Waals surface area (Å²) in [6.07, 6.45) is 1.61. The molecular formula is C23H26FN3O4. The van der Waals surface area contributed by atoms with E-state index < -0.39 is 11.2 Å². The molecule has 0 spiro atoms. The Balaban J connectivity index is 1.76. The number of hydrogen-bond donors (Lipinski definition) is 1. The summed E-state index contributed by atoms with van der Waals surface area (Å²) in [4.78, 5) is 32.2. The van der Waals surface area contributed by atoms with Crippen molar-refractivity contribution in [3.8, 4) is 5.75 Å². The van der Waals surface area contributed by atoms with E-state index in [4.69, 9.17) is 4.74 Å². The van der Waals surface area contributed by atoms with Crippen LogP contribution in [0.1, 0.15) is 54.0 Å². The number of carbonyl (C=O) groups is 1. The highest BCUT2D eigenvalue weighted by atomic mass is 19.1. The maximum Gasteiger partial charge on any atom is 0.275 e. The van der Waals surface area contributed by atoms with Crippen molar-refractivity contribution in [2.24, 2.45) is 4.99 Å². The maximum atomic E-state index is 13.3. The number of halogens is 1. The van der Waals surface area contributed by atoms with E-state index in [0.29, 0.717) is 18.9 Å². The highest BCUT2D eigenvalue weighted by Crippen LogP contribution is 2.35. The van der Waals surface area contributed by atoms with E-state index in [0.717, 1.165) is 11.1 Å². The first-order valence-electron chi connectivity index (χ1n) is 10.4. The number of hydrogen-bond acceptors (Lipinski definition) is 5. The van der Waals surface area contributed by atoms with Crippen LogP contribution in [0.15, 0.2) is 34.2 Å². The predicted octanol–water partition coefficient (Wildman–Crippen LogP) is 2.81. The van der Waals surface area contributed by atoms with Crippen molar-refractivity contribution in [2.45, 2.75) is 52.4 Å². The minimum atomic E-state index is -0.627. The van der Waals surface area contributed by atoms with Crippen LogP contribution < -0.4 is 5.43 Å². The number of aliphatic imine (C=N–C) groups is 1. The third kappa shape index (κ3) is 3.54. The van der Waals surface area contributed by atoms with E-state index in [1.165, 1.54) is 12.1 Å². The van der Waals surface area contributed by atoms with Gasteiger partial charge < -0.3 is 19.3 Å². The average molecular weight is 427 g/mol. The number of fused-ring (bicyclic) bond motifs is 3. The van der Waals surface area contributed by atoms with E-state index in [9.17, 15) is 19.1 Å². The van der Waals surface area contributed by atoms with Crippen LogP contribution in [0.5, 0.6) is 5.75 Å². The first-order chi connectivity index (χ1) is 14.7. The van der Waals surface area contributed by atoms with Gasteiger partial charge in [0.25, 0.3) is 5.91 Å². The molecule has 2 atom stereocenters. The highest BCUT2D eigenvalue weighted by Gasteiger charge is 2.45. The van der Waals surface area contributed by atoms with Gasteiger partial charge in [0.1, 0.15) is 5.82 Å². The fourth-order valence-electron chi connectivity index (χ4n) is 4.43. The number of aromatic nitrogens is 1. The second-order valence-corrected chi connectivity index (χ2v) is 8.43. The molecule has 0 saturated carbocycles. The molecule has 8 heteroatoms. The zero-order chi connectivity index (χ0) is 22.4. The number of benzene rings is 1. The smallest absolute Gasteiger partial charge is 0.275 e. The third-order valence-electron chi connectivity index (χ3n) is 6.12. The van der Waals surface area contributed by atoms with Crippen LogP contribution in [-0.2, 0) is 11.3 Å². The van der Waals surface area contributed by atoms with Gasteiger partial charge in [0, 0.05) is 18.0 Å². The van der Waals surface area contributed by atoms with E-state index >= 15 is 0 Å². The number of ether oxygens (including phenoxy) is 1. The number of aryl methyl sites for hydroxylation is 1. The molecule has 2 aromatic rings. The lowest BCUT2D eigenvalue weighted by atomic mass is 10.00. The van der Waals surface area contributed by atoms with Gasteiger partial charge in [-0.15, -0.1) is 0 Å². The molecule has 7 nitrogen and oxygen atoms in total. The third-order valence-corrected chi connectivity index (χ3v) is 6.12. The van der Waals surface area contributed by atoms with Crippen molar-refractivity contribution in [1.29, 1.82) is 0 Å². The second-order valence-electron chi connectivity index (χ2n) is 8.43. The van der Waals surface area contributed by atoms with E-state index in [-0.39, 0.29) is 47.7 Å². The number of rotatable bonds is 4. The monoisotopic (exact) mass is 427 g/mol. The molecule has 2 unspecified atom stereocenters. The largest absolute Gasteiger partial charge is 0.503 e. The zero-order valence-electron chi connectivity index (χ0n) is 18.1. The molecule has 1 aromatic heterocycles. The number of pyridine rings is 1. The lowest BCUT2D eigenvalue weighted by Gasteiger charge is -2.41. The van der Waals surface area contributed by atoms with Gasteiger partial charge in [-0.2, -0.15) is 0 Å². The molecule has 1 fully saturated rings. The van der Waals surface area contributed by atoms with E-state index in [1.54, 1.807) is 35.6 Å². The molecule has 2 aliphatic rings. The van der Waals surface area contributed by atoms with Gasteiger partial charge in [0.2, 0.25) is 5.43 Å². The average Bonchev–Trinajstić information content (AvgIpc) is 3.18. The van der Waals surface area contributed by atoms with Gasteiger partial charge >= 0.3 is 0 Å². The fraction of sp³-hybridized carbons (Fsp3) is 0.435. The molecular weight excluding hydrogens is 401 g/mol. The summed E-state index contributed by atoms with van der Waals surface area (Å²) < 4.78 is 20.7. The number of carbonyl (C=O) groups excluding carboxylic acids is 1. The Bertz CT molecular complexity index is 1140. The van der Waals surface area contributed by atoms with Crippen LogP contribution >= 0.6 is 0 Å². The summed E-state index contributed by atoms with van der Waals surface area (Å²) in [6, 6.07) is 4.04. The van der Waals surface area contributed by atoms with E-state index in [2.05, 4.69) is 4.99 Å². The molecule has 0 radical (unpaired) electrons. The van der Waals surface area contributed by atoms with Crippen LogP contribution in [0.25, 0.3) is 0 Å². The molecule has 1 N–H and O–H groups in total. The molecule has 164 valence electrons. The Morgan fingerprint density at radius 1 is 1.29 bits per heavy atom. The maximum absolute atomic E-state index is 13.3. The molecule has 4 rings (SSSR count). The standard InChI is InChI=1S/C23H26FN3O4/c1-12(2)27-19-11-31-10-18(19)26-9-17(21(28)22(29)20(26)23(27)30)14(4)25-8-15-5-6-16(24)7-13(15)3/h5-7,9,12,18-19,29H,8,10-11H2,1-4H3. The lowest BCUT2D eigenvalue weighted by molar-refractivity contribution is 0.0471. The highest BCUT2D eigenvalue weighted by molar-refractivity contribution is 6.01. The van der Waals surface area contributed by atoms with Crippen molar-refractivity contribution in [1.82, 2.24) is 9.47 Å². The Hall–Kier alpha value is -3.00. The van der Waals surface area contributed by atoms with Gasteiger partial charge in [-0.1, -0.05) is 6.07 Å². The minimum Gasteiger partial charge on any atom is -0.503 e. The Morgan fingerprint density at radius 2 is 2.00 bits per heavy atom. The number of aromatic hydroxyl groups is 1. The predicted molar refractivity (Wildman–Crippen MR) is 114 cm³/mol. The SMILES string of the molecule is CC(=NCc1ccc(F)cc1C)c1cn2c(c(O)c1=O)C(=O)N(C(C)C)C1COCC12. The van der Waals surface area contributed by atoms with Gasteiger partial charge in [0.05, 0.1) is 37.4 Å². The number of amides is 1. The summed E-state index contributed by atoms with van der Waals surface area (Å²) in [5.74, 6) is -1.25. The lowest BCUT2D eigenvalue weighted by Crippen LogP contribution is -2.54. The molecule has 0 aliphatic carbocycles. The Morgan fingerprint density at radius 3 is 2.68 bits per heavy atom. The molecule has 1 saturated heterocycles. The normalized spacial score (nSPS) is 20.9. The number of nitrogens with zero attached hydrogens (tertiary/aromatic N) is 3. The van der Waals surface area contributed by atoms with Gasteiger partial charge in [0.15, 0.2) is 11.4 Å². The van der Waals surface area contributed by atoms with Crippen molar-refractivity contribution >= 4 is 11.6 Å². The molecule has 3 heterocycles. The van der Waals surface area contributed by atoms with Crippen molar-refractivity contribution in [3.05, 3.63) is 62.8 Å².